The van der Waals surface area contributed by atoms with Crippen molar-refractivity contribution in [2.45, 2.75) is 13.0 Å². The lowest BCUT2D eigenvalue weighted by atomic mass is 10.1. The Bertz CT molecular complexity index is 710. The summed E-state index contributed by atoms with van der Waals surface area (Å²) < 4.78 is 0. The van der Waals surface area contributed by atoms with E-state index >= 15 is 0 Å². The Hall–Kier alpha value is -1.75. The molecule has 0 fully saturated rings. The summed E-state index contributed by atoms with van der Waals surface area (Å²) in [5.74, 6) is 0. The van der Waals surface area contributed by atoms with Crippen molar-refractivity contribution >= 4 is 22.9 Å². The maximum absolute atomic E-state index is 5.88. The van der Waals surface area contributed by atoms with Crippen molar-refractivity contribution < 1.29 is 0 Å². The lowest BCUT2D eigenvalue weighted by molar-refractivity contribution is 0.684. The topological polar surface area (TPSA) is 37.8 Å². The fourth-order valence-corrected chi connectivity index (χ4v) is 3.09. The molecule has 0 saturated heterocycles. The maximum atomic E-state index is 5.88. The molecule has 0 atom stereocenters. The molecule has 0 aliphatic carbocycles. The van der Waals surface area contributed by atoms with Gasteiger partial charge >= 0.3 is 0 Å². The Labute approximate surface area is 139 Å². The number of nitrogens with one attached hydrogen (secondary N) is 1. The molecule has 2 aromatic heterocycles. The van der Waals surface area contributed by atoms with Crippen molar-refractivity contribution in [1.29, 1.82) is 0 Å². The number of pyridine rings is 1. The van der Waals surface area contributed by atoms with Gasteiger partial charge in [-0.25, -0.2) is 4.98 Å². The molecule has 2 heterocycles. The smallest absolute Gasteiger partial charge is 0.107 e. The van der Waals surface area contributed by atoms with Crippen LogP contribution in [0.3, 0.4) is 0 Å². The molecule has 3 aromatic rings. The molecule has 0 amide bonds. The summed E-state index contributed by atoms with van der Waals surface area (Å²) in [4.78, 5) is 9.90. The van der Waals surface area contributed by atoms with Gasteiger partial charge < -0.3 is 5.32 Å². The Morgan fingerprint density at radius 2 is 1.91 bits per heavy atom. The van der Waals surface area contributed by atoms with E-state index in [9.17, 15) is 0 Å². The highest BCUT2D eigenvalue weighted by Crippen LogP contribution is 2.23. The van der Waals surface area contributed by atoms with Crippen LogP contribution in [0.2, 0.25) is 5.02 Å². The molecule has 0 radical (unpaired) electrons. The van der Waals surface area contributed by atoms with E-state index in [1.54, 1.807) is 17.5 Å². The third-order valence-electron chi connectivity index (χ3n) is 3.25. The van der Waals surface area contributed by atoms with Crippen LogP contribution in [0.1, 0.15) is 10.6 Å². The average Bonchev–Trinajstić information content (AvgIpc) is 3.03. The van der Waals surface area contributed by atoms with Crippen LogP contribution in [-0.4, -0.2) is 16.5 Å². The van der Waals surface area contributed by atoms with Gasteiger partial charge in [0.1, 0.15) is 5.01 Å². The predicted octanol–water partition coefficient (Wildman–Crippen LogP) is 4.19. The molecule has 1 aromatic carbocycles. The van der Waals surface area contributed by atoms with E-state index in [0.29, 0.717) is 0 Å². The molecule has 5 heteroatoms. The second-order valence-corrected chi connectivity index (χ2v) is 6.44. The van der Waals surface area contributed by atoms with Crippen LogP contribution >= 0.6 is 22.9 Å². The van der Waals surface area contributed by atoms with Gasteiger partial charge in [0.2, 0.25) is 0 Å². The van der Waals surface area contributed by atoms with Gasteiger partial charge in [-0.15, -0.1) is 11.3 Å². The Morgan fingerprint density at radius 3 is 2.68 bits per heavy atom. The van der Waals surface area contributed by atoms with Crippen LogP contribution in [0.5, 0.6) is 0 Å². The first-order valence-corrected chi connectivity index (χ1v) is 8.32. The zero-order valence-corrected chi connectivity index (χ0v) is 13.6. The van der Waals surface area contributed by atoms with Crippen LogP contribution < -0.4 is 5.32 Å². The van der Waals surface area contributed by atoms with E-state index in [1.165, 1.54) is 5.56 Å². The summed E-state index contributed by atoms with van der Waals surface area (Å²) in [6.45, 7) is 1.70. The minimum Gasteiger partial charge on any atom is -0.310 e. The van der Waals surface area contributed by atoms with Crippen molar-refractivity contribution in [2.75, 3.05) is 6.54 Å². The van der Waals surface area contributed by atoms with Gasteiger partial charge in [0.15, 0.2) is 0 Å². The molecule has 112 valence electrons. The number of thiazole rings is 1. The zero-order valence-electron chi connectivity index (χ0n) is 12.0. The monoisotopic (exact) mass is 329 g/mol. The van der Waals surface area contributed by atoms with Crippen LogP contribution in [0.25, 0.3) is 10.6 Å². The van der Waals surface area contributed by atoms with Crippen molar-refractivity contribution in [1.82, 2.24) is 15.3 Å². The van der Waals surface area contributed by atoms with Gasteiger partial charge in [0.25, 0.3) is 0 Å². The van der Waals surface area contributed by atoms with Gasteiger partial charge in [-0.05, 0) is 42.8 Å². The van der Waals surface area contributed by atoms with E-state index in [2.05, 4.69) is 27.4 Å². The first-order chi connectivity index (χ1) is 10.8. The summed E-state index contributed by atoms with van der Waals surface area (Å²) in [5.41, 5.74) is 2.26. The molecule has 0 aliphatic rings. The van der Waals surface area contributed by atoms with E-state index in [4.69, 9.17) is 11.6 Å². The molecule has 0 spiro atoms. The normalized spacial score (nSPS) is 10.8. The highest BCUT2D eigenvalue weighted by Gasteiger charge is 2.04. The van der Waals surface area contributed by atoms with Crippen molar-refractivity contribution in [2.24, 2.45) is 0 Å². The van der Waals surface area contributed by atoms with Gasteiger partial charge in [0, 0.05) is 24.0 Å². The second kappa shape index (κ2) is 7.49. The molecular formula is C17H16ClN3S. The molecule has 0 unspecified atom stereocenters. The molecule has 0 aliphatic heterocycles. The van der Waals surface area contributed by atoms with Crippen molar-refractivity contribution in [3.8, 4) is 10.6 Å². The molecule has 3 rings (SSSR count). The molecule has 22 heavy (non-hydrogen) atoms. The standard InChI is InChI=1S/C17H16ClN3S/c18-14-6-4-13(5-7-14)8-10-19-12-17-21-11-16(22-17)15-3-1-2-9-20-15/h1-7,9,11,19H,8,10,12H2. The number of rotatable bonds is 6. The minimum absolute atomic E-state index is 0.779. The number of hydrogen-bond acceptors (Lipinski definition) is 4. The third-order valence-corrected chi connectivity index (χ3v) is 4.52. The van der Waals surface area contributed by atoms with Gasteiger partial charge in [-0.3, -0.25) is 4.98 Å². The third kappa shape index (κ3) is 4.13. The fourth-order valence-electron chi connectivity index (χ4n) is 2.10. The summed E-state index contributed by atoms with van der Waals surface area (Å²) in [5, 5.41) is 5.28. The van der Waals surface area contributed by atoms with E-state index in [0.717, 1.165) is 40.1 Å². The quantitative estimate of drug-likeness (QED) is 0.689. The second-order valence-electron chi connectivity index (χ2n) is 4.89. The summed E-state index contributed by atoms with van der Waals surface area (Å²) >= 11 is 7.56. The number of hydrogen-bond donors (Lipinski definition) is 1. The summed E-state index contributed by atoms with van der Waals surface area (Å²) in [6.07, 6.45) is 4.68. The summed E-state index contributed by atoms with van der Waals surface area (Å²) in [6, 6.07) is 13.9. The first-order valence-electron chi connectivity index (χ1n) is 7.12. The highest BCUT2D eigenvalue weighted by molar-refractivity contribution is 7.15. The Kier molecular flexibility index (Phi) is 5.16. The van der Waals surface area contributed by atoms with Crippen LogP contribution in [-0.2, 0) is 13.0 Å². The Morgan fingerprint density at radius 1 is 1.05 bits per heavy atom. The van der Waals surface area contributed by atoms with Gasteiger partial charge in [0.05, 0.1) is 10.6 Å². The highest BCUT2D eigenvalue weighted by atomic mass is 35.5. The first kappa shape index (κ1) is 15.2. The van der Waals surface area contributed by atoms with Crippen LogP contribution in [0.15, 0.2) is 54.9 Å². The van der Waals surface area contributed by atoms with Crippen molar-refractivity contribution in [3.05, 3.63) is 70.5 Å². The number of aromatic nitrogens is 2. The van der Waals surface area contributed by atoms with E-state index in [1.807, 2.05) is 36.5 Å². The minimum atomic E-state index is 0.779. The number of nitrogens with zero attached hydrogens (tertiary/aromatic N) is 2. The molecule has 0 saturated carbocycles. The van der Waals surface area contributed by atoms with Crippen LogP contribution in [0.4, 0.5) is 0 Å². The molecule has 1 N–H and O–H groups in total. The Balaban J connectivity index is 1.48. The van der Waals surface area contributed by atoms with E-state index < -0.39 is 0 Å². The van der Waals surface area contributed by atoms with Crippen molar-refractivity contribution in [3.63, 3.8) is 0 Å². The number of benzene rings is 1. The fraction of sp³-hybridized carbons (Fsp3) is 0.176. The predicted molar refractivity (Wildman–Crippen MR) is 92.2 cm³/mol. The SMILES string of the molecule is Clc1ccc(CCNCc2ncc(-c3ccccn3)s2)cc1. The zero-order chi connectivity index (χ0) is 15.2. The van der Waals surface area contributed by atoms with E-state index in [-0.39, 0.29) is 0 Å². The van der Waals surface area contributed by atoms with Gasteiger partial charge in [-0.2, -0.15) is 0 Å². The molecular weight excluding hydrogens is 314 g/mol. The molecule has 0 bridgehead atoms. The van der Waals surface area contributed by atoms with Crippen LogP contribution in [0, 0.1) is 0 Å². The average molecular weight is 330 g/mol. The lowest BCUT2D eigenvalue weighted by Gasteiger charge is -2.03. The maximum Gasteiger partial charge on any atom is 0.107 e. The summed E-state index contributed by atoms with van der Waals surface area (Å²) in [7, 11) is 0. The largest absolute Gasteiger partial charge is 0.310 e. The number of halogens is 1. The van der Waals surface area contributed by atoms with Gasteiger partial charge in [-0.1, -0.05) is 29.8 Å². The molecule has 3 nitrogen and oxygen atoms in total. The lowest BCUT2D eigenvalue weighted by Crippen LogP contribution is -2.16.